The van der Waals surface area contributed by atoms with Gasteiger partial charge in [-0.1, -0.05) is 30.3 Å². The van der Waals surface area contributed by atoms with Gasteiger partial charge >= 0.3 is 5.97 Å². The molecule has 1 aliphatic rings. The predicted molar refractivity (Wildman–Crippen MR) is 94.4 cm³/mol. The first-order valence-corrected chi connectivity index (χ1v) is 7.77. The summed E-state index contributed by atoms with van der Waals surface area (Å²) in [6.07, 6.45) is 0. The topological polar surface area (TPSA) is 113 Å². The van der Waals surface area contributed by atoms with Crippen molar-refractivity contribution in [2.24, 2.45) is 10.1 Å². The molecule has 1 aliphatic heterocycles. The molecule has 3 aromatic rings. The third kappa shape index (κ3) is 2.53. The van der Waals surface area contributed by atoms with Gasteiger partial charge in [0.1, 0.15) is 22.7 Å². The number of hydrogen-bond donors (Lipinski definition) is 2. The third-order valence-electron chi connectivity index (χ3n) is 3.93. The molecule has 128 valence electrons. The molecule has 8 heteroatoms. The van der Waals surface area contributed by atoms with Crippen molar-refractivity contribution in [1.29, 1.82) is 0 Å². The number of carboxylic acid groups (broad SMARTS) is 1. The van der Waals surface area contributed by atoms with Gasteiger partial charge in [-0.15, -0.1) is 10.2 Å². The van der Waals surface area contributed by atoms with Crippen LogP contribution in [-0.2, 0) is 0 Å². The van der Waals surface area contributed by atoms with Crippen molar-refractivity contribution in [1.82, 2.24) is 14.9 Å². The lowest BCUT2D eigenvalue weighted by atomic mass is 10.1. The minimum absolute atomic E-state index is 0.222. The average molecular weight is 347 g/mol. The fourth-order valence-corrected chi connectivity index (χ4v) is 2.67. The quantitative estimate of drug-likeness (QED) is 0.755. The van der Waals surface area contributed by atoms with Crippen LogP contribution in [0.15, 0.2) is 58.6 Å². The zero-order chi connectivity index (χ0) is 18.3. The molecule has 0 amide bonds. The third-order valence-corrected chi connectivity index (χ3v) is 3.93. The molecule has 2 heterocycles. The number of aryl methyl sites for hydroxylation is 1. The maximum Gasteiger partial charge on any atom is 0.339 e. The second-order valence-electron chi connectivity index (χ2n) is 5.66. The summed E-state index contributed by atoms with van der Waals surface area (Å²) in [4.78, 5) is 15.8. The summed E-state index contributed by atoms with van der Waals surface area (Å²) in [7, 11) is 0. The Labute approximate surface area is 147 Å². The van der Waals surface area contributed by atoms with Gasteiger partial charge in [0.2, 0.25) is 5.82 Å². The van der Waals surface area contributed by atoms with E-state index in [1.165, 1.54) is 18.2 Å². The van der Waals surface area contributed by atoms with Crippen LogP contribution in [0.25, 0.3) is 0 Å². The van der Waals surface area contributed by atoms with Crippen LogP contribution < -0.4 is 0 Å². The van der Waals surface area contributed by atoms with Crippen LogP contribution in [0.5, 0.6) is 5.75 Å². The highest BCUT2D eigenvalue weighted by molar-refractivity contribution is 6.54. The number of nitrogens with zero attached hydrogens (tertiary/aromatic N) is 5. The molecule has 26 heavy (non-hydrogen) atoms. The Kier molecular flexibility index (Phi) is 3.58. The van der Waals surface area contributed by atoms with E-state index in [0.29, 0.717) is 28.8 Å². The first-order chi connectivity index (χ1) is 12.5. The maximum absolute atomic E-state index is 11.2. The first-order valence-electron chi connectivity index (χ1n) is 7.77. The number of fused-ring (bicyclic) bond motifs is 1. The van der Waals surface area contributed by atoms with Gasteiger partial charge in [0.25, 0.3) is 0 Å². The molecule has 2 N–H and O–H groups in total. The van der Waals surface area contributed by atoms with Gasteiger partial charge in [0.05, 0.1) is 5.69 Å². The lowest BCUT2D eigenvalue weighted by Crippen LogP contribution is -2.13. The minimum Gasteiger partial charge on any atom is -0.507 e. The molecule has 2 aromatic carbocycles. The molecule has 4 rings (SSSR count). The maximum atomic E-state index is 11.2. The summed E-state index contributed by atoms with van der Waals surface area (Å²) in [5.41, 5.74) is 2.10. The number of aromatic carboxylic acids is 1. The normalized spacial score (nSPS) is 14.3. The highest BCUT2D eigenvalue weighted by Crippen LogP contribution is 2.26. The number of rotatable bonds is 3. The van der Waals surface area contributed by atoms with E-state index in [2.05, 4.69) is 20.3 Å². The van der Waals surface area contributed by atoms with E-state index in [0.717, 1.165) is 5.56 Å². The molecule has 0 unspecified atom stereocenters. The second-order valence-corrected chi connectivity index (χ2v) is 5.66. The van der Waals surface area contributed by atoms with Crippen LogP contribution >= 0.6 is 0 Å². The fourth-order valence-electron chi connectivity index (χ4n) is 2.67. The Morgan fingerprint density at radius 1 is 1.12 bits per heavy atom. The van der Waals surface area contributed by atoms with Crippen molar-refractivity contribution in [2.45, 2.75) is 6.92 Å². The summed E-state index contributed by atoms with van der Waals surface area (Å²) in [6.45, 7) is 1.79. The molecular weight excluding hydrogens is 334 g/mol. The molecule has 0 atom stereocenters. The molecule has 1 aromatic heterocycles. The van der Waals surface area contributed by atoms with Gasteiger partial charge < -0.3 is 10.2 Å². The Balaban J connectivity index is 1.88. The lowest BCUT2D eigenvalue weighted by molar-refractivity contribution is 0.0694. The highest BCUT2D eigenvalue weighted by atomic mass is 16.4. The Bertz CT molecular complexity index is 1080. The minimum atomic E-state index is -1.23. The van der Waals surface area contributed by atoms with E-state index in [1.807, 2.05) is 30.3 Å². The molecule has 0 bridgehead atoms. The summed E-state index contributed by atoms with van der Waals surface area (Å²) < 4.78 is 1.60. The van der Waals surface area contributed by atoms with Crippen LogP contribution in [0.4, 0.5) is 5.69 Å². The fraction of sp³-hybridized carbons (Fsp3) is 0.0556. The van der Waals surface area contributed by atoms with Crippen LogP contribution in [0.1, 0.15) is 27.6 Å². The standard InChI is InChI=1S/C18H13N5O3/c1-10-20-21-17-16(15(22-23(10)17)11-5-3-2-4-6-11)19-12-7-8-14(24)13(9-12)18(25)26/h2-9,24H,1H3,(H,25,26). The van der Waals surface area contributed by atoms with Gasteiger partial charge in [-0.05, 0) is 25.1 Å². The lowest BCUT2D eigenvalue weighted by Gasteiger charge is -2.04. The monoisotopic (exact) mass is 347 g/mol. The van der Waals surface area contributed by atoms with Gasteiger partial charge in [-0.2, -0.15) is 9.78 Å². The van der Waals surface area contributed by atoms with E-state index in [9.17, 15) is 15.0 Å². The number of aliphatic imine (C=N–C) groups is 1. The first kappa shape index (κ1) is 15.7. The van der Waals surface area contributed by atoms with Crippen molar-refractivity contribution in [3.63, 3.8) is 0 Å². The second kappa shape index (κ2) is 5.92. The molecule has 0 saturated carbocycles. The van der Waals surface area contributed by atoms with E-state index in [-0.39, 0.29) is 11.3 Å². The Morgan fingerprint density at radius 2 is 1.88 bits per heavy atom. The van der Waals surface area contributed by atoms with Crippen molar-refractivity contribution < 1.29 is 15.0 Å². The number of phenols is 1. The highest BCUT2D eigenvalue weighted by Gasteiger charge is 2.28. The largest absolute Gasteiger partial charge is 0.507 e. The number of benzene rings is 2. The molecular formula is C18H13N5O3. The molecule has 8 nitrogen and oxygen atoms in total. The number of carboxylic acids is 1. The number of aromatic hydroxyl groups is 1. The summed E-state index contributed by atoms with van der Waals surface area (Å²) >= 11 is 0. The number of carbonyl (C=O) groups is 1. The van der Waals surface area contributed by atoms with E-state index < -0.39 is 5.97 Å². The van der Waals surface area contributed by atoms with Gasteiger partial charge in [0.15, 0.2) is 5.82 Å². The molecule has 0 aliphatic carbocycles. The molecule has 0 fully saturated rings. The van der Waals surface area contributed by atoms with Crippen molar-refractivity contribution in [2.75, 3.05) is 0 Å². The van der Waals surface area contributed by atoms with Crippen LogP contribution in [-0.4, -0.2) is 42.5 Å². The van der Waals surface area contributed by atoms with Crippen molar-refractivity contribution >= 4 is 23.1 Å². The van der Waals surface area contributed by atoms with E-state index in [1.54, 1.807) is 11.6 Å². The SMILES string of the molecule is Cc1nnc2n1N=C(c1ccccc1)C2=Nc1ccc(O)c(C(=O)O)c1. The van der Waals surface area contributed by atoms with Gasteiger partial charge in [-0.25, -0.2) is 9.79 Å². The smallest absolute Gasteiger partial charge is 0.339 e. The Hall–Kier alpha value is -3.81. The summed E-state index contributed by atoms with van der Waals surface area (Å²) in [6, 6.07) is 13.6. The Morgan fingerprint density at radius 3 is 2.62 bits per heavy atom. The van der Waals surface area contributed by atoms with Gasteiger partial charge in [0, 0.05) is 5.56 Å². The van der Waals surface area contributed by atoms with Crippen LogP contribution in [0.2, 0.25) is 0 Å². The van der Waals surface area contributed by atoms with E-state index in [4.69, 9.17) is 0 Å². The zero-order valence-corrected chi connectivity index (χ0v) is 13.7. The van der Waals surface area contributed by atoms with Crippen LogP contribution in [0, 0.1) is 6.92 Å². The number of hydrogen-bond acceptors (Lipinski definition) is 6. The van der Waals surface area contributed by atoms with Crippen molar-refractivity contribution in [3.05, 3.63) is 71.3 Å². The van der Waals surface area contributed by atoms with Crippen LogP contribution in [0.3, 0.4) is 0 Å². The van der Waals surface area contributed by atoms with Crippen molar-refractivity contribution in [3.8, 4) is 5.75 Å². The van der Waals surface area contributed by atoms with E-state index >= 15 is 0 Å². The molecule has 0 saturated heterocycles. The average Bonchev–Trinajstić information content (AvgIpc) is 3.18. The summed E-state index contributed by atoms with van der Waals surface area (Å²) in [5.74, 6) is -0.447. The number of aromatic nitrogens is 3. The molecule has 0 radical (unpaired) electrons. The zero-order valence-electron chi connectivity index (χ0n) is 13.7. The summed E-state index contributed by atoms with van der Waals surface area (Å²) in [5, 5.41) is 31.5. The van der Waals surface area contributed by atoms with Gasteiger partial charge in [-0.3, -0.25) is 0 Å². The molecule has 0 spiro atoms. The predicted octanol–water partition coefficient (Wildman–Crippen LogP) is 2.38.